The van der Waals surface area contributed by atoms with Crippen molar-refractivity contribution in [2.24, 2.45) is 17.3 Å². The second-order valence-corrected chi connectivity index (χ2v) is 10.6. The van der Waals surface area contributed by atoms with Gasteiger partial charge in [-0.15, -0.1) is 0 Å². The lowest BCUT2D eigenvalue weighted by atomic mass is 9.63. The molecule has 6 rings (SSSR count). The molecule has 1 N–H and O–H groups in total. The highest BCUT2D eigenvalue weighted by molar-refractivity contribution is 6.00. The van der Waals surface area contributed by atoms with Gasteiger partial charge in [0.2, 0.25) is 5.60 Å². The Morgan fingerprint density at radius 3 is 2.60 bits per heavy atom. The molecule has 2 saturated heterocycles. The molecule has 2 aromatic rings. The minimum atomic E-state index is -1.41. The van der Waals surface area contributed by atoms with Crippen molar-refractivity contribution < 1.29 is 28.7 Å². The van der Waals surface area contributed by atoms with Crippen LogP contribution in [0.2, 0.25) is 0 Å². The summed E-state index contributed by atoms with van der Waals surface area (Å²) in [5.74, 6) is -1.81. The van der Waals surface area contributed by atoms with Gasteiger partial charge in [0.05, 0.1) is 17.1 Å². The Morgan fingerprint density at radius 2 is 1.86 bits per heavy atom. The number of halogens is 1. The number of hydroxylamine groups is 1. The molecule has 2 aliphatic carbocycles. The summed E-state index contributed by atoms with van der Waals surface area (Å²) >= 11 is 0. The Bertz CT molecular complexity index is 1230. The number of aliphatic hydroxyl groups is 1. The third-order valence-electron chi connectivity index (χ3n) is 8.89. The summed E-state index contributed by atoms with van der Waals surface area (Å²) in [5, 5.41) is 13.3. The average Bonchev–Trinajstić information content (AvgIpc) is 3.45. The molecular weight excluding hydrogens is 449 g/mol. The predicted octanol–water partition coefficient (Wildman–Crippen LogP) is 4.30. The van der Waals surface area contributed by atoms with Crippen LogP contribution in [0.25, 0.3) is 0 Å². The van der Waals surface area contributed by atoms with Gasteiger partial charge in [-0.05, 0) is 67.7 Å². The fourth-order valence-electron chi connectivity index (χ4n) is 6.80. The first-order chi connectivity index (χ1) is 16.7. The maximum Gasteiger partial charge on any atom is 0.342 e. The average molecular weight is 478 g/mol. The van der Waals surface area contributed by atoms with E-state index in [1.165, 1.54) is 18.2 Å². The molecule has 35 heavy (non-hydrogen) atoms. The van der Waals surface area contributed by atoms with E-state index in [0.717, 1.165) is 5.69 Å². The van der Waals surface area contributed by atoms with E-state index >= 15 is 0 Å². The number of hydrogen-bond acceptors (Lipinski definition) is 6. The summed E-state index contributed by atoms with van der Waals surface area (Å²) in [6.45, 7) is 3.63. The van der Waals surface area contributed by atoms with Crippen LogP contribution < -0.4 is 5.06 Å². The van der Waals surface area contributed by atoms with E-state index in [4.69, 9.17) is 9.57 Å². The Balaban J connectivity index is 1.46. The van der Waals surface area contributed by atoms with Crippen LogP contribution >= 0.6 is 0 Å². The number of rotatable bonds is 2. The molecule has 4 aliphatic rings. The third-order valence-corrected chi connectivity index (χ3v) is 8.89. The van der Waals surface area contributed by atoms with Gasteiger partial charge in [-0.3, -0.25) is 9.63 Å². The molecule has 1 unspecified atom stereocenters. The van der Waals surface area contributed by atoms with E-state index in [-0.39, 0.29) is 23.9 Å². The second kappa shape index (κ2) is 7.48. The minimum absolute atomic E-state index is 0.206. The maximum absolute atomic E-state index is 14.2. The van der Waals surface area contributed by atoms with Crippen molar-refractivity contribution in [3.63, 3.8) is 0 Å². The van der Waals surface area contributed by atoms with Crippen LogP contribution in [0.3, 0.4) is 0 Å². The summed E-state index contributed by atoms with van der Waals surface area (Å²) in [5.41, 5.74) is -2.64. The van der Waals surface area contributed by atoms with E-state index in [1.54, 1.807) is 24.1 Å². The molecule has 1 spiro atoms. The van der Waals surface area contributed by atoms with Gasteiger partial charge in [0.15, 0.2) is 5.78 Å². The van der Waals surface area contributed by atoms with E-state index in [2.05, 4.69) is 0 Å². The summed E-state index contributed by atoms with van der Waals surface area (Å²) in [4.78, 5) is 33.4. The van der Waals surface area contributed by atoms with Crippen LogP contribution in [-0.4, -0.2) is 34.2 Å². The number of hydrogen-bond donors (Lipinski definition) is 1. The lowest BCUT2D eigenvalue weighted by Gasteiger charge is -2.43. The number of carbonyl (C=O) groups excluding carboxylic acids is 2. The summed E-state index contributed by atoms with van der Waals surface area (Å²) in [7, 11) is 0. The van der Waals surface area contributed by atoms with Crippen molar-refractivity contribution in [3.05, 3.63) is 78.1 Å². The van der Waals surface area contributed by atoms with Crippen LogP contribution in [-0.2, 0) is 19.2 Å². The first-order valence-electron chi connectivity index (χ1n) is 12.2. The van der Waals surface area contributed by atoms with E-state index in [9.17, 15) is 19.1 Å². The van der Waals surface area contributed by atoms with Gasteiger partial charge >= 0.3 is 5.97 Å². The number of allylic oxidation sites excluding steroid dienone is 1. The zero-order valence-corrected chi connectivity index (χ0v) is 19.7. The standard InChI is InChI=1S/C28H28FNO5/c1-17-11-12-21-24(26(2)23(31)13-14-28(17,26)33)34-25(32)27(21)16-22(18-7-6-8-19(29)15-18)30(35-27)20-9-4-3-5-10-20/h3-10,13-15,17,21-22,24,33H,11-12,16H2,1-2H3/t17-,21+,22+,24+,26-,27?,28+/m0/s1. The zero-order chi connectivity index (χ0) is 24.6. The number of benzene rings is 2. The molecular formula is C28H28FNO5. The van der Waals surface area contributed by atoms with Gasteiger partial charge in [-0.2, -0.15) is 0 Å². The monoisotopic (exact) mass is 477 g/mol. The first kappa shape index (κ1) is 22.4. The van der Waals surface area contributed by atoms with E-state index in [0.29, 0.717) is 18.4 Å². The molecule has 0 radical (unpaired) electrons. The predicted molar refractivity (Wildman–Crippen MR) is 125 cm³/mol. The number of ether oxygens (including phenoxy) is 1. The maximum atomic E-state index is 14.2. The van der Waals surface area contributed by atoms with Gasteiger partial charge < -0.3 is 9.84 Å². The van der Waals surface area contributed by atoms with Crippen molar-refractivity contribution in [1.82, 2.24) is 0 Å². The normalized spacial score (nSPS) is 40.1. The summed E-state index contributed by atoms with van der Waals surface area (Å²) in [6, 6.07) is 15.3. The highest BCUT2D eigenvalue weighted by Gasteiger charge is 2.74. The third kappa shape index (κ3) is 2.88. The van der Waals surface area contributed by atoms with Crippen LogP contribution in [0, 0.1) is 23.1 Å². The Morgan fingerprint density at radius 1 is 1.09 bits per heavy atom. The van der Waals surface area contributed by atoms with Crippen molar-refractivity contribution in [1.29, 1.82) is 0 Å². The van der Waals surface area contributed by atoms with E-state index in [1.807, 2.05) is 43.3 Å². The highest BCUT2D eigenvalue weighted by Crippen LogP contribution is 2.61. The minimum Gasteiger partial charge on any atom is -0.459 e. The van der Waals surface area contributed by atoms with Gasteiger partial charge in [-0.1, -0.05) is 37.3 Å². The van der Waals surface area contributed by atoms with Crippen LogP contribution in [0.15, 0.2) is 66.7 Å². The Hall–Kier alpha value is -3.03. The summed E-state index contributed by atoms with van der Waals surface area (Å²) in [6.07, 6.45) is 3.55. The quantitative estimate of drug-likeness (QED) is 0.651. The van der Waals surface area contributed by atoms with Crippen LogP contribution in [0.5, 0.6) is 0 Å². The fraction of sp³-hybridized carbons (Fsp3) is 0.429. The lowest BCUT2D eigenvalue weighted by molar-refractivity contribution is -0.169. The first-order valence-corrected chi connectivity index (χ1v) is 12.2. The van der Waals surface area contributed by atoms with Gasteiger partial charge in [0.25, 0.3) is 0 Å². The largest absolute Gasteiger partial charge is 0.459 e. The van der Waals surface area contributed by atoms with Gasteiger partial charge in [-0.25, -0.2) is 14.2 Å². The molecule has 2 heterocycles. The highest BCUT2D eigenvalue weighted by atomic mass is 19.1. The Labute approximate surface area is 203 Å². The molecule has 1 saturated carbocycles. The number of esters is 1. The number of carbonyl (C=O) groups is 2. The molecule has 0 bridgehead atoms. The molecule has 6 nitrogen and oxygen atoms in total. The molecule has 3 fully saturated rings. The second-order valence-electron chi connectivity index (χ2n) is 10.6. The lowest BCUT2D eigenvalue weighted by Crippen LogP contribution is -2.57. The molecule has 2 aliphatic heterocycles. The van der Waals surface area contributed by atoms with E-state index < -0.39 is 40.7 Å². The number of ketones is 1. The number of anilines is 1. The Kier molecular flexibility index (Phi) is 4.80. The number of fused-ring (bicyclic) bond motifs is 4. The van der Waals surface area contributed by atoms with Crippen molar-refractivity contribution in [3.8, 4) is 0 Å². The molecule has 7 heteroatoms. The van der Waals surface area contributed by atoms with Crippen molar-refractivity contribution in [2.75, 3.05) is 5.06 Å². The molecule has 7 atom stereocenters. The molecule has 0 amide bonds. The van der Waals surface area contributed by atoms with Crippen molar-refractivity contribution >= 4 is 17.4 Å². The van der Waals surface area contributed by atoms with Gasteiger partial charge in [0.1, 0.15) is 17.5 Å². The number of para-hydroxylation sites is 1. The molecule has 2 aromatic carbocycles. The van der Waals surface area contributed by atoms with Crippen molar-refractivity contribution in [2.45, 2.75) is 56.5 Å². The zero-order valence-electron chi connectivity index (χ0n) is 19.7. The molecule has 0 aromatic heterocycles. The molecule has 182 valence electrons. The van der Waals surface area contributed by atoms with Crippen LogP contribution in [0.1, 0.15) is 44.7 Å². The van der Waals surface area contributed by atoms with Gasteiger partial charge in [0, 0.05) is 12.3 Å². The van der Waals surface area contributed by atoms with Crippen LogP contribution in [0.4, 0.5) is 10.1 Å². The topological polar surface area (TPSA) is 76.1 Å². The number of nitrogens with zero attached hydrogens (tertiary/aromatic N) is 1. The fourth-order valence-corrected chi connectivity index (χ4v) is 6.80. The summed E-state index contributed by atoms with van der Waals surface area (Å²) < 4.78 is 20.2. The smallest absolute Gasteiger partial charge is 0.342 e. The SMILES string of the molecule is C[C@H]1CC[C@@H]2[C@@H](OC(=O)C23C[C@H](c2cccc(F)c2)N(c2ccccc2)O3)[C@]2(C)C(=O)C=C[C@@]12O.